The number of aromatic nitrogens is 3. The molecule has 58 heavy (non-hydrogen) atoms. The molecule has 13 nitrogen and oxygen atoms in total. The van der Waals surface area contributed by atoms with Gasteiger partial charge >= 0.3 is 0 Å². The second kappa shape index (κ2) is 17.4. The van der Waals surface area contributed by atoms with Crippen LogP contribution >= 0.6 is 0 Å². The van der Waals surface area contributed by atoms with E-state index in [2.05, 4.69) is 46.0 Å². The summed E-state index contributed by atoms with van der Waals surface area (Å²) in [4.78, 5) is 65.2. The summed E-state index contributed by atoms with van der Waals surface area (Å²) in [5, 5.41) is 12.1. The van der Waals surface area contributed by atoms with Gasteiger partial charge in [-0.25, -0.2) is 18.7 Å². The summed E-state index contributed by atoms with van der Waals surface area (Å²) in [6.45, 7) is 3.20. The number of aromatic amines is 1. The highest BCUT2D eigenvalue weighted by Crippen LogP contribution is 2.31. The number of piperidine rings is 3. The molecule has 0 radical (unpaired) electrons. The zero-order valence-electron chi connectivity index (χ0n) is 32.3. The van der Waals surface area contributed by atoms with Crippen LogP contribution in [0.5, 0.6) is 0 Å². The first kappa shape index (κ1) is 39.1. The van der Waals surface area contributed by atoms with Crippen molar-refractivity contribution in [3.63, 3.8) is 0 Å². The van der Waals surface area contributed by atoms with Crippen molar-refractivity contribution >= 4 is 35.0 Å². The lowest BCUT2D eigenvalue weighted by molar-refractivity contribution is -0.133. The summed E-state index contributed by atoms with van der Waals surface area (Å²) >= 11 is 0. The molecule has 15 heteroatoms. The molecule has 3 aliphatic heterocycles. The number of nitrogens with one attached hydrogen (secondary N) is 5. The van der Waals surface area contributed by atoms with Crippen LogP contribution in [0.3, 0.4) is 0 Å². The molecule has 2 aromatic heterocycles. The number of nitrogens with zero attached hydrogens (tertiary/aromatic N) is 4. The van der Waals surface area contributed by atoms with Crippen molar-refractivity contribution in [2.75, 3.05) is 41.7 Å². The molecule has 1 saturated carbocycles. The highest BCUT2D eigenvalue weighted by atomic mass is 19.1. The van der Waals surface area contributed by atoms with E-state index in [0.717, 1.165) is 77.5 Å². The average molecular weight is 794 g/mol. The summed E-state index contributed by atoms with van der Waals surface area (Å²) in [5.74, 6) is -1.12. The van der Waals surface area contributed by atoms with Gasteiger partial charge in [0.05, 0.1) is 11.9 Å². The van der Waals surface area contributed by atoms with Crippen LogP contribution in [-0.2, 0) is 14.4 Å². The van der Waals surface area contributed by atoms with Gasteiger partial charge in [0.2, 0.25) is 23.7 Å². The van der Waals surface area contributed by atoms with E-state index in [4.69, 9.17) is 0 Å². The van der Waals surface area contributed by atoms with Gasteiger partial charge in [0, 0.05) is 66.6 Å². The zero-order chi connectivity index (χ0) is 40.2. The SMILES string of the molecule is O=C1CCC(Nc2ccc(N3CCC(N4CCC(C(=O)N[C@H]5CC[C@H](Nc6ncc(F)c(-c7cccc(-c8ccc[nH]c8=O)c7)n6)CC5)CC4)CC3)c(F)c2)C(=O)N1. The number of carbonyl (C=O) groups excluding carboxylic acids is 3. The number of anilines is 3. The lowest BCUT2D eigenvalue weighted by Crippen LogP contribution is -2.50. The van der Waals surface area contributed by atoms with Crippen LogP contribution in [0.25, 0.3) is 22.4 Å². The minimum Gasteiger partial charge on any atom is -0.374 e. The van der Waals surface area contributed by atoms with Gasteiger partial charge in [-0.15, -0.1) is 0 Å². The molecule has 4 aromatic rings. The predicted molar refractivity (Wildman–Crippen MR) is 217 cm³/mol. The first-order valence-electron chi connectivity index (χ1n) is 20.4. The number of carbonyl (C=O) groups is 3. The lowest BCUT2D eigenvalue weighted by atomic mass is 9.89. The van der Waals surface area contributed by atoms with E-state index >= 15 is 4.39 Å². The van der Waals surface area contributed by atoms with E-state index in [0.29, 0.717) is 46.5 Å². The number of pyridine rings is 1. The Morgan fingerprint density at radius 1 is 0.776 bits per heavy atom. The van der Waals surface area contributed by atoms with E-state index in [-0.39, 0.29) is 59.2 Å². The Morgan fingerprint density at radius 2 is 1.53 bits per heavy atom. The number of hydrogen-bond donors (Lipinski definition) is 5. The van der Waals surface area contributed by atoms with Gasteiger partial charge in [-0.1, -0.05) is 18.2 Å². The maximum Gasteiger partial charge on any atom is 0.255 e. The van der Waals surface area contributed by atoms with Crippen molar-refractivity contribution in [3.8, 4) is 22.4 Å². The molecule has 1 aliphatic carbocycles. The van der Waals surface area contributed by atoms with Crippen LogP contribution in [0.1, 0.15) is 64.2 Å². The fourth-order valence-electron chi connectivity index (χ4n) is 8.89. The molecule has 2 aromatic carbocycles. The Morgan fingerprint density at radius 3 is 2.28 bits per heavy atom. The lowest BCUT2D eigenvalue weighted by Gasteiger charge is -2.42. The molecule has 3 saturated heterocycles. The number of halogens is 2. The Kier molecular flexibility index (Phi) is 11.8. The van der Waals surface area contributed by atoms with E-state index in [1.807, 2.05) is 0 Å². The monoisotopic (exact) mass is 793 g/mol. The second-order valence-electron chi connectivity index (χ2n) is 15.9. The zero-order valence-corrected chi connectivity index (χ0v) is 32.3. The standard InChI is InChI=1S/C43H49F2N9O4/c44-34-24-31(48-36-11-13-38(55)51-42(36)58)10-12-37(34)54-21-16-32(17-22-54)53-19-14-26(15-20-53)40(56)49-29-6-8-30(9-7-29)50-43-47-25-35(45)39(52-43)28-4-1-3-27(23-28)33-5-2-18-46-41(33)57/h1-5,10,12,18,23-26,29-30,32,36,48H,6-9,11,13-17,19-22H2,(H,46,57)(H,49,56)(H,47,50,52)(H,51,55,58)/t29-,30-,36?. The van der Waals surface area contributed by atoms with Crippen molar-refractivity contribution in [2.45, 2.75) is 88.4 Å². The first-order valence-corrected chi connectivity index (χ1v) is 20.4. The molecule has 4 fully saturated rings. The Labute approximate surface area is 335 Å². The molecule has 5 heterocycles. The Balaban J connectivity index is 0.760. The van der Waals surface area contributed by atoms with Crippen LogP contribution < -0.4 is 31.7 Å². The fraction of sp³-hybridized carbons (Fsp3) is 0.442. The third kappa shape index (κ3) is 9.04. The van der Waals surface area contributed by atoms with Gasteiger partial charge in [0.15, 0.2) is 5.82 Å². The average Bonchev–Trinajstić information content (AvgIpc) is 3.24. The maximum absolute atomic E-state index is 15.2. The summed E-state index contributed by atoms with van der Waals surface area (Å²) in [7, 11) is 0. The van der Waals surface area contributed by atoms with Gasteiger partial charge in [-0.05, 0) is 113 Å². The molecular formula is C43H49F2N9O4. The summed E-state index contributed by atoms with van der Waals surface area (Å²) in [5.41, 5.74) is 2.69. The van der Waals surface area contributed by atoms with Crippen LogP contribution in [-0.4, -0.2) is 87.9 Å². The van der Waals surface area contributed by atoms with Crippen molar-refractivity contribution in [3.05, 3.63) is 89.0 Å². The van der Waals surface area contributed by atoms with Crippen LogP contribution in [0.15, 0.2) is 71.8 Å². The number of amides is 3. The molecule has 1 unspecified atom stereocenters. The molecule has 3 amide bonds. The number of likely N-dealkylation sites (tertiary alicyclic amines) is 1. The summed E-state index contributed by atoms with van der Waals surface area (Å²) < 4.78 is 30.2. The highest BCUT2D eigenvalue weighted by molar-refractivity contribution is 6.01. The normalized spacial score (nSPS) is 22.3. The number of imide groups is 1. The fourth-order valence-corrected chi connectivity index (χ4v) is 8.89. The van der Waals surface area contributed by atoms with Crippen molar-refractivity contribution in [2.24, 2.45) is 5.92 Å². The minimum absolute atomic E-state index is 0.0154. The van der Waals surface area contributed by atoms with Gasteiger partial charge < -0.3 is 30.7 Å². The van der Waals surface area contributed by atoms with Gasteiger partial charge in [0.1, 0.15) is 17.6 Å². The van der Waals surface area contributed by atoms with E-state index in [9.17, 15) is 23.6 Å². The molecule has 5 N–H and O–H groups in total. The predicted octanol–water partition coefficient (Wildman–Crippen LogP) is 5.21. The smallest absolute Gasteiger partial charge is 0.255 e. The van der Waals surface area contributed by atoms with E-state index in [1.54, 1.807) is 54.7 Å². The van der Waals surface area contributed by atoms with Gasteiger partial charge in [0.25, 0.3) is 5.56 Å². The molecule has 4 aliphatic rings. The number of hydrogen-bond acceptors (Lipinski definition) is 10. The molecule has 8 rings (SSSR count). The minimum atomic E-state index is -0.563. The number of rotatable bonds is 10. The summed E-state index contributed by atoms with van der Waals surface area (Å²) in [6.07, 6.45) is 10.1. The third-order valence-electron chi connectivity index (χ3n) is 12.2. The molecular weight excluding hydrogens is 745 g/mol. The van der Waals surface area contributed by atoms with Crippen molar-refractivity contribution < 1.29 is 23.2 Å². The molecule has 0 spiro atoms. The quantitative estimate of drug-likeness (QED) is 0.135. The third-order valence-corrected chi connectivity index (χ3v) is 12.2. The second-order valence-corrected chi connectivity index (χ2v) is 15.9. The van der Waals surface area contributed by atoms with E-state index < -0.39 is 11.9 Å². The topological polar surface area (TPSA) is 164 Å². The molecule has 1 atom stereocenters. The van der Waals surface area contributed by atoms with Crippen LogP contribution in [0.2, 0.25) is 0 Å². The van der Waals surface area contributed by atoms with Crippen LogP contribution in [0.4, 0.5) is 26.1 Å². The number of H-pyrrole nitrogens is 1. The van der Waals surface area contributed by atoms with E-state index in [1.165, 1.54) is 12.3 Å². The van der Waals surface area contributed by atoms with Crippen LogP contribution in [0, 0.1) is 17.6 Å². The Hall–Kier alpha value is -5.70. The maximum atomic E-state index is 15.2. The Bertz CT molecular complexity index is 2190. The van der Waals surface area contributed by atoms with Gasteiger partial charge in [-0.2, -0.15) is 0 Å². The largest absolute Gasteiger partial charge is 0.374 e. The first-order chi connectivity index (χ1) is 28.2. The number of benzene rings is 2. The van der Waals surface area contributed by atoms with Crippen molar-refractivity contribution in [1.29, 1.82) is 0 Å². The van der Waals surface area contributed by atoms with Gasteiger partial charge in [-0.3, -0.25) is 24.5 Å². The molecule has 0 bridgehead atoms. The highest BCUT2D eigenvalue weighted by Gasteiger charge is 2.33. The summed E-state index contributed by atoms with van der Waals surface area (Å²) in [6, 6.07) is 15.5. The molecule has 304 valence electrons. The van der Waals surface area contributed by atoms with Crippen molar-refractivity contribution in [1.82, 2.24) is 30.5 Å².